The van der Waals surface area contributed by atoms with E-state index in [1.807, 2.05) is 31.2 Å². The molecule has 118 valence electrons. The van der Waals surface area contributed by atoms with Crippen molar-refractivity contribution in [1.82, 2.24) is 25.2 Å². The summed E-state index contributed by atoms with van der Waals surface area (Å²) in [6.07, 6.45) is 3.36. The molecule has 0 saturated heterocycles. The van der Waals surface area contributed by atoms with Crippen molar-refractivity contribution in [3.05, 3.63) is 42.4 Å². The van der Waals surface area contributed by atoms with Gasteiger partial charge < -0.3 is 5.32 Å². The summed E-state index contributed by atoms with van der Waals surface area (Å²) < 4.78 is 1.80. The maximum Gasteiger partial charge on any atom is 0.247 e. The summed E-state index contributed by atoms with van der Waals surface area (Å²) in [6, 6.07) is 7.31. The summed E-state index contributed by atoms with van der Waals surface area (Å²) in [6.45, 7) is 2.74. The monoisotopic (exact) mass is 312 g/mol. The van der Waals surface area contributed by atoms with Crippen LogP contribution in [0.25, 0.3) is 11.0 Å². The maximum atomic E-state index is 11.1. The highest BCUT2D eigenvalue weighted by Gasteiger charge is 2.09. The van der Waals surface area contributed by atoms with Gasteiger partial charge in [-0.05, 0) is 24.6 Å². The van der Waals surface area contributed by atoms with Gasteiger partial charge in [-0.15, -0.1) is 0 Å². The first kappa shape index (κ1) is 14.9. The van der Waals surface area contributed by atoms with Crippen molar-refractivity contribution < 1.29 is 10.0 Å². The van der Waals surface area contributed by atoms with Gasteiger partial charge in [-0.25, -0.2) is 20.1 Å². The number of anilines is 2. The Bertz CT molecular complexity index is 828. The second-order valence-corrected chi connectivity index (χ2v) is 4.95. The topological polar surface area (TPSA) is 105 Å². The number of hydroxylamine groups is 1. The predicted molar refractivity (Wildman–Crippen MR) is 84.4 cm³/mol. The number of nitrogens with zero attached hydrogens (tertiary/aromatic N) is 4. The van der Waals surface area contributed by atoms with Crippen molar-refractivity contribution in [2.45, 2.75) is 19.9 Å². The largest absolute Gasteiger partial charge is 0.340 e. The number of nitrogens with one attached hydrogen (secondary N) is 2. The Morgan fingerprint density at radius 1 is 1.26 bits per heavy atom. The first-order valence-electron chi connectivity index (χ1n) is 7.16. The van der Waals surface area contributed by atoms with Gasteiger partial charge in [-0.3, -0.25) is 10.0 Å². The number of aromatic nitrogens is 4. The van der Waals surface area contributed by atoms with E-state index in [4.69, 9.17) is 5.21 Å². The third-order valence-electron chi connectivity index (χ3n) is 3.44. The smallest absolute Gasteiger partial charge is 0.247 e. The number of hydrogen-bond acceptors (Lipinski definition) is 6. The molecule has 0 aliphatic rings. The molecule has 3 rings (SSSR count). The summed E-state index contributed by atoms with van der Waals surface area (Å²) in [7, 11) is 0. The van der Waals surface area contributed by atoms with Crippen LogP contribution in [0.3, 0.4) is 0 Å². The highest BCUT2D eigenvalue weighted by Crippen LogP contribution is 2.22. The average molecular weight is 312 g/mol. The molecule has 0 aliphatic heterocycles. The molecule has 2 aromatic heterocycles. The van der Waals surface area contributed by atoms with Crippen LogP contribution in [-0.4, -0.2) is 30.9 Å². The van der Waals surface area contributed by atoms with Crippen LogP contribution in [-0.2, 0) is 17.8 Å². The molecule has 1 aromatic carbocycles. The van der Waals surface area contributed by atoms with Crippen LogP contribution in [0.4, 0.5) is 11.5 Å². The van der Waals surface area contributed by atoms with Gasteiger partial charge in [0.1, 0.15) is 12.1 Å². The summed E-state index contributed by atoms with van der Waals surface area (Å²) in [5.74, 6) is 0.228. The third-order valence-corrected chi connectivity index (χ3v) is 3.44. The van der Waals surface area contributed by atoms with E-state index in [1.54, 1.807) is 16.4 Å². The van der Waals surface area contributed by atoms with Gasteiger partial charge in [-0.2, -0.15) is 5.10 Å². The fraction of sp³-hybridized carbons (Fsp3) is 0.200. The Balaban J connectivity index is 1.82. The van der Waals surface area contributed by atoms with E-state index < -0.39 is 5.91 Å². The molecule has 8 heteroatoms. The lowest BCUT2D eigenvalue weighted by atomic mass is 10.1. The number of rotatable bonds is 5. The molecule has 3 N–H and O–H groups in total. The molecular weight excluding hydrogens is 296 g/mol. The molecule has 0 unspecified atom stereocenters. The van der Waals surface area contributed by atoms with E-state index in [2.05, 4.69) is 20.4 Å². The first-order valence-corrected chi connectivity index (χ1v) is 7.16. The summed E-state index contributed by atoms with van der Waals surface area (Å²) in [5, 5.41) is 16.9. The van der Waals surface area contributed by atoms with Crippen LogP contribution in [0.15, 0.2) is 36.8 Å². The molecule has 0 fully saturated rings. The van der Waals surface area contributed by atoms with Crippen molar-refractivity contribution in [2.75, 3.05) is 5.32 Å². The van der Waals surface area contributed by atoms with Gasteiger partial charge in [0, 0.05) is 12.2 Å². The van der Waals surface area contributed by atoms with Crippen molar-refractivity contribution in [1.29, 1.82) is 0 Å². The molecule has 23 heavy (non-hydrogen) atoms. The van der Waals surface area contributed by atoms with Gasteiger partial charge in [-0.1, -0.05) is 12.1 Å². The van der Waals surface area contributed by atoms with E-state index in [0.29, 0.717) is 5.82 Å². The van der Waals surface area contributed by atoms with E-state index in [1.165, 1.54) is 6.33 Å². The SMILES string of the molecule is CCn1ncc2c(Nc3ccc(CC(=O)NO)cc3)ncnc21. The predicted octanol–water partition coefficient (Wildman–Crippen LogP) is 1.64. The van der Waals surface area contributed by atoms with Gasteiger partial charge in [0.2, 0.25) is 5.91 Å². The Morgan fingerprint density at radius 2 is 2.04 bits per heavy atom. The normalized spacial score (nSPS) is 10.7. The molecule has 0 bridgehead atoms. The lowest BCUT2D eigenvalue weighted by Gasteiger charge is -2.07. The zero-order valence-electron chi connectivity index (χ0n) is 12.5. The second-order valence-electron chi connectivity index (χ2n) is 4.95. The molecule has 3 aromatic rings. The molecule has 0 aliphatic carbocycles. The molecule has 1 amide bonds. The Kier molecular flexibility index (Phi) is 4.15. The number of fused-ring (bicyclic) bond motifs is 1. The number of amides is 1. The fourth-order valence-electron chi connectivity index (χ4n) is 2.29. The number of aryl methyl sites for hydroxylation is 1. The number of hydrogen-bond donors (Lipinski definition) is 3. The minimum atomic E-state index is -0.449. The van der Waals surface area contributed by atoms with Crippen molar-refractivity contribution in [3.8, 4) is 0 Å². The summed E-state index contributed by atoms with van der Waals surface area (Å²) >= 11 is 0. The molecule has 0 spiro atoms. The molecule has 0 atom stereocenters. The third kappa shape index (κ3) is 3.11. The number of carbonyl (C=O) groups excluding carboxylic acids is 1. The number of benzene rings is 1. The van der Waals surface area contributed by atoms with Gasteiger partial charge in [0.15, 0.2) is 5.65 Å². The van der Waals surface area contributed by atoms with E-state index in [-0.39, 0.29) is 6.42 Å². The van der Waals surface area contributed by atoms with Gasteiger partial charge >= 0.3 is 0 Å². The van der Waals surface area contributed by atoms with E-state index in [0.717, 1.165) is 28.8 Å². The Hall–Kier alpha value is -3.00. The van der Waals surface area contributed by atoms with Crippen LogP contribution in [0.5, 0.6) is 0 Å². The maximum absolute atomic E-state index is 11.1. The molecule has 0 saturated carbocycles. The van der Waals surface area contributed by atoms with Crippen LogP contribution in [0.1, 0.15) is 12.5 Å². The van der Waals surface area contributed by atoms with Crippen LogP contribution in [0.2, 0.25) is 0 Å². The first-order chi connectivity index (χ1) is 11.2. The molecule has 0 radical (unpaired) electrons. The average Bonchev–Trinajstić information content (AvgIpc) is 3.00. The van der Waals surface area contributed by atoms with Gasteiger partial charge in [0.05, 0.1) is 18.0 Å². The minimum Gasteiger partial charge on any atom is -0.340 e. The molecular formula is C15H16N6O2. The van der Waals surface area contributed by atoms with Crippen LogP contribution >= 0.6 is 0 Å². The van der Waals surface area contributed by atoms with Crippen molar-refractivity contribution in [3.63, 3.8) is 0 Å². The highest BCUT2D eigenvalue weighted by molar-refractivity contribution is 5.88. The van der Waals surface area contributed by atoms with Gasteiger partial charge in [0.25, 0.3) is 0 Å². The van der Waals surface area contributed by atoms with Crippen LogP contribution < -0.4 is 10.8 Å². The van der Waals surface area contributed by atoms with E-state index >= 15 is 0 Å². The number of carbonyl (C=O) groups is 1. The lowest BCUT2D eigenvalue weighted by Crippen LogP contribution is -2.20. The lowest BCUT2D eigenvalue weighted by molar-refractivity contribution is -0.128. The molecule has 2 heterocycles. The van der Waals surface area contributed by atoms with Crippen molar-refractivity contribution >= 4 is 28.4 Å². The summed E-state index contributed by atoms with van der Waals surface area (Å²) in [5.41, 5.74) is 4.03. The Labute approximate surface area is 132 Å². The quantitative estimate of drug-likeness (QED) is 0.488. The molecule has 8 nitrogen and oxygen atoms in total. The van der Waals surface area contributed by atoms with Crippen molar-refractivity contribution in [2.24, 2.45) is 0 Å². The fourth-order valence-corrected chi connectivity index (χ4v) is 2.29. The standard InChI is InChI=1S/C15H16N6O2/c1-2-21-15-12(8-18-21)14(16-9-17-15)19-11-5-3-10(4-6-11)7-13(22)20-23/h3-6,8-9,23H,2,7H2,1H3,(H,20,22)(H,16,17,19). The zero-order chi connectivity index (χ0) is 16.2. The minimum absolute atomic E-state index is 0.123. The van der Waals surface area contributed by atoms with E-state index in [9.17, 15) is 4.79 Å². The Morgan fingerprint density at radius 3 is 2.74 bits per heavy atom. The van der Waals surface area contributed by atoms with Crippen LogP contribution in [0, 0.1) is 0 Å². The zero-order valence-corrected chi connectivity index (χ0v) is 12.5. The second kappa shape index (κ2) is 6.41. The highest BCUT2D eigenvalue weighted by atomic mass is 16.5. The summed E-state index contributed by atoms with van der Waals surface area (Å²) in [4.78, 5) is 19.6.